The highest BCUT2D eigenvalue weighted by molar-refractivity contribution is 6.34. The molecular weight excluding hydrogens is 332 g/mol. The summed E-state index contributed by atoms with van der Waals surface area (Å²) < 4.78 is 6.41. The predicted molar refractivity (Wildman–Crippen MR) is 91.3 cm³/mol. The Kier molecular flexibility index (Phi) is 6.34. The Morgan fingerprint density at radius 2 is 2.17 bits per heavy atom. The molecule has 24 heavy (non-hydrogen) atoms. The number of nitrogens with zero attached hydrogens (tertiary/aromatic N) is 2. The number of aromatic nitrogens is 2. The number of aryl methyl sites for hydroxylation is 1. The maximum atomic E-state index is 12.0. The van der Waals surface area contributed by atoms with Crippen molar-refractivity contribution in [1.82, 2.24) is 15.1 Å². The average Bonchev–Trinajstić information content (AvgIpc) is 2.92. The number of carbonyl (C=O) groups is 2. The topological polar surface area (TPSA) is 85.3 Å². The lowest BCUT2D eigenvalue weighted by molar-refractivity contribution is -0.116. The first kappa shape index (κ1) is 18.0. The molecule has 0 aliphatic carbocycles. The van der Waals surface area contributed by atoms with Gasteiger partial charge in [0.1, 0.15) is 6.54 Å². The SMILES string of the molecule is COCCNC(=O)c1ccc(NC(=O)Cn2cc(C)cn2)cc1Cl. The van der Waals surface area contributed by atoms with E-state index in [1.54, 1.807) is 42.4 Å². The van der Waals surface area contributed by atoms with Gasteiger partial charge in [0.05, 0.1) is 23.4 Å². The van der Waals surface area contributed by atoms with Crippen molar-refractivity contribution in [3.8, 4) is 0 Å². The number of carbonyl (C=O) groups excluding carboxylic acids is 2. The fraction of sp³-hybridized carbons (Fsp3) is 0.312. The number of rotatable bonds is 7. The van der Waals surface area contributed by atoms with Gasteiger partial charge in [0, 0.05) is 25.5 Å². The molecule has 1 aromatic heterocycles. The molecule has 0 unspecified atom stereocenters. The minimum Gasteiger partial charge on any atom is -0.383 e. The first-order valence-corrected chi connectivity index (χ1v) is 7.73. The maximum Gasteiger partial charge on any atom is 0.252 e. The number of anilines is 1. The Balaban J connectivity index is 1.96. The van der Waals surface area contributed by atoms with Crippen molar-refractivity contribution in [2.24, 2.45) is 0 Å². The Labute approximate surface area is 144 Å². The maximum absolute atomic E-state index is 12.0. The van der Waals surface area contributed by atoms with Crippen LogP contribution >= 0.6 is 11.6 Å². The number of benzene rings is 1. The van der Waals surface area contributed by atoms with E-state index < -0.39 is 0 Å². The van der Waals surface area contributed by atoms with Crippen LogP contribution in [0.15, 0.2) is 30.6 Å². The molecular formula is C16H19ClN4O3. The molecule has 0 bridgehead atoms. The van der Waals surface area contributed by atoms with Gasteiger partial charge in [0.2, 0.25) is 5.91 Å². The van der Waals surface area contributed by atoms with Crippen LogP contribution in [-0.4, -0.2) is 41.9 Å². The molecule has 0 saturated heterocycles. The highest BCUT2D eigenvalue weighted by Gasteiger charge is 2.12. The average molecular weight is 351 g/mol. The van der Waals surface area contributed by atoms with Gasteiger partial charge in [-0.15, -0.1) is 0 Å². The zero-order chi connectivity index (χ0) is 17.5. The summed E-state index contributed by atoms with van der Waals surface area (Å²) in [5.74, 6) is -0.520. The molecule has 0 aliphatic rings. The van der Waals surface area contributed by atoms with Gasteiger partial charge in [-0.2, -0.15) is 5.10 Å². The lowest BCUT2D eigenvalue weighted by Crippen LogP contribution is -2.27. The second-order valence-electron chi connectivity index (χ2n) is 5.21. The van der Waals surface area contributed by atoms with E-state index >= 15 is 0 Å². The standard InChI is InChI=1S/C16H19ClN4O3/c1-11-8-19-21(9-11)10-15(22)20-12-3-4-13(14(17)7-12)16(23)18-5-6-24-2/h3-4,7-9H,5-6,10H2,1-2H3,(H,18,23)(H,20,22). The molecule has 0 radical (unpaired) electrons. The summed E-state index contributed by atoms with van der Waals surface area (Å²) >= 11 is 6.12. The molecule has 128 valence electrons. The monoisotopic (exact) mass is 350 g/mol. The number of nitrogens with one attached hydrogen (secondary N) is 2. The minimum atomic E-state index is -0.290. The fourth-order valence-electron chi connectivity index (χ4n) is 2.04. The summed E-state index contributed by atoms with van der Waals surface area (Å²) in [6.45, 7) is 2.82. The van der Waals surface area contributed by atoms with Crippen molar-refractivity contribution >= 4 is 29.1 Å². The zero-order valence-electron chi connectivity index (χ0n) is 13.5. The van der Waals surface area contributed by atoms with Crippen LogP contribution in [0.4, 0.5) is 5.69 Å². The Morgan fingerprint density at radius 3 is 2.79 bits per heavy atom. The van der Waals surface area contributed by atoms with Crippen LogP contribution in [0, 0.1) is 6.92 Å². The van der Waals surface area contributed by atoms with Gasteiger partial charge in [-0.3, -0.25) is 14.3 Å². The third-order valence-electron chi connectivity index (χ3n) is 3.16. The summed E-state index contributed by atoms with van der Waals surface area (Å²) in [6, 6.07) is 4.74. The molecule has 0 spiro atoms. The zero-order valence-corrected chi connectivity index (χ0v) is 14.3. The molecule has 2 rings (SSSR count). The number of amides is 2. The van der Waals surface area contributed by atoms with Crippen molar-refractivity contribution in [1.29, 1.82) is 0 Å². The van der Waals surface area contributed by atoms with Crippen molar-refractivity contribution in [3.05, 3.63) is 46.7 Å². The van der Waals surface area contributed by atoms with Crippen molar-refractivity contribution < 1.29 is 14.3 Å². The van der Waals surface area contributed by atoms with Gasteiger partial charge in [0.25, 0.3) is 5.91 Å². The largest absolute Gasteiger partial charge is 0.383 e. The number of methoxy groups -OCH3 is 1. The lowest BCUT2D eigenvalue weighted by Gasteiger charge is -2.09. The third-order valence-corrected chi connectivity index (χ3v) is 3.47. The summed E-state index contributed by atoms with van der Waals surface area (Å²) in [6.07, 6.45) is 3.46. The molecule has 0 atom stereocenters. The van der Waals surface area contributed by atoms with E-state index in [2.05, 4.69) is 15.7 Å². The highest BCUT2D eigenvalue weighted by atomic mass is 35.5. The molecule has 8 heteroatoms. The number of hydrogen-bond donors (Lipinski definition) is 2. The second-order valence-corrected chi connectivity index (χ2v) is 5.61. The highest BCUT2D eigenvalue weighted by Crippen LogP contribution is 2.21. The first-order chi connectivity index (χ1) is 11.5. The lowest BCUT2D eigenvalue weighted by atomic mass is 10.2. The Morgan fingerprint density at radius 1 is 1.38 bits per heavy atom. The summed E-state index contributed by atoms with van der Waals surface area (Å²) in [5, 5.41) is 9.73. The second kappa shape index (κ2) is 8.47. The van der Waals surface area contributed by atoms with Crippen LogP contribution in [0.2, 0.25) is 5.02 Å². The molecule has 2 aromatic rings. The van der Waals surface area contributed by atoms with Gasteiger partial charge in [-0.05, 0) is 30.7 Å². The molecule has 2 N–H and O–H groups in total. The molecule has 0 aliphatic heterocycles. The molecule has 0 saturated carbocycles. The van der Waals surface area contributed by atoms with E-state index in [9.17, 15) is 9.59 Å². The molecule has 1 heterocycles. The number of hydrogen-bond acceptors (Lipinski definition) is 4. The first-order valence-electron chi connectivity index (χ1n) is 7.35. The van der Waals surface area contributed by atoms with Crippen LogP contribution in [0.3, 0.4) is 0 Å². The molecule has 1 aromatic carbocycles. The van der Waals surface area contributed by atoms with Gasteiger partial charge in [0.15, 0.2) is 0 Å². The van der Waals surface area contributed by atoms with Gasteiger partial charge in [-0.25, -0.2) is 0 Å². The van der Waals surface area contributed by atoms with Crippen LogP contribution in [0.1, 0.15) is 15.9 Å². The molecule has 2 amide bonds. The number of halogens is 1. The van der Waals surface area contributed by atoms with Gasteiger partial charge in [-0.1, -0.05) is 11.6 Å². The minimum absolute atomic E-state index is 0.102. The summed E-state index contributed by atoms with van der Waals surface area (Å²) in [5.41, 5.74) is 1.84. The van der Waals surface area contributed by atoms with Crippen molar-refractivity contribution in [3.63, 3.8) is 0 Å². The van der Waals surface area contributed by atoms with Gasteiger partial charge >= 0.3 is 0 Å². The van der Waals surface area contributed by atoms with E-state index in [0.29, 0.717) is 24.4 Å². The third kappa shape index (κ3) is 5.07. The number of ether oxygens (including phenoxy) is 1. The Hall–Kier alpha value is -2.38. The predicted octanol–water partition coefficient (Wildman–Crippen LogP) is 1.86. The van der Waals surface area contributed by atoms with E-state index in [-0.39, 0.29) is 23.4 Å². The van der Waals surface area contributed by atoms with Crippen LogP contribution in [0.25, 0.3) is 0 Å². The Bertz CT molecular complexity index is 730. The smallest absolute Gasteiger partial charge is 0.252 e. The van der Waals surface area contributed by atoms with Crippen molar-refractivity contribution in [2.45, 2.75) is 13.5 Å². The van der Waals surface area contributed by atoms with Crippen molar-refractivity contribution in [2.75, 3.05) is 25.6 Å². The fourth-order valence-corrected chi connectivity index (χ4v) is 2.31. The van der Waals surface area contributed by atoms with Crippen LogP contribution in [0.5, 0.6) is 0 Å². The van der Waals surface area contributed by atoms with E-state index in [1.165, 1.54) is 0 Å². The quantitative estimate of drug-likeness (QED) is 0.746. The van der Waals surface area contributed by atoms with E-state index in [4.69, 9.17) is 16.3 Å². The van der Waals surface area contributed by atoms with Gasteiger partial charge < -0.3 is 15.4 Å². The van der Waals surface area contributed by atoms with Crippen LogP contribution < -0.4 is 10.6 Å². The summed E-state index contributed by atoms with van der Waals surface area (Å²) in [7, 11) is 1.56. The molecule has 0 fully saturated rings. The molecule has 7 nitrogen and oxygen atoms in total. The van der Waals surface area contributed by atoms with E-state index in [1.807, 2.05) is 6.92 Å². The van der Waals surface area contributed by atoms with E-state index in [0.717, 1.165) is 5.56 Å². The summed E-state index contributed by atoms with van der Waals surface area (Å²) in [4.78, 5) is 24.0. The van der Waals surface area contributed by atoms with Crippen LogP contribution in [-0.2, 0) is 16.1 Å². The normalized spacial score (nSPS) is 10.5.